The van der Waals surface area contributed by atoms with Gasteiger partial charge in [0.1, 0.15) is 5.75 Å². The van der Waals surface area contributed by atoms with E-state index in [1.807, 2.05) is 35.0 Å². The standard InChI is InChI=1S/C13H17N3O/c1-3-8-14-13-15-9-10-16(13)11-6-4-5-7-12(11)17-2/h4-7,9-10H,3,8H2,1-2H3,(H,14,15). The first kappa shape index (κ1) is 11.5. The Morgan fingerprint density at radius 2 is 2.18 bits per heavy atom. The van der Waals surface area contributed by atoms with Gasteiger partial charge in [0.25, 0.3) is 0 Å². The van der Waals surface area contributed by atoms with Crippen molar-refractivity contribution in [3.63, 3.8) is 0 Å². The van der Waals surface area contributed by atoms with Crippen LogP contribution in [0.25, 0.3) is 5.69 Å². The van der Waals surface area contributed by atoms with Crippen LogP contribution in [-0.2, 0) is 0 Å². The molecule has 0 radical (unpaired) electrons. The zero-order valence-corrected chi connectivity index (χ0v) is 10.2. The second kappa shape index (κ2) is 5.39. The second-order valence-corrected chi connectivity index (χ2v) is 3.72. The Labute approximate surface area is 101 Å². The van der Waals surface area contributed by atoms with Crippen LogP contribution in [0, 0.1) is 0 Å². The monoisotopic (exact) mass is 231 g/mol. The molecule has 0 saturated carbocycles. The molecule has 0 atom stereocenters. The van der Waals surface area contributed by atoms with Crippen LogP contribution in [0.1, 0.15) is 13.3 Å². The predicted octanol–water partition coefficient (Wildman–Crippen LogP) is 2.70. The molecule has 17 heavy (non-hydrogen) atoms. The lowest BCUT2D eigenvalue weighted by Crippen LogP contribution is -2.07. The SMILES string of the molecule is CCCNc1nccn1-c1ccccc1OC. The molecule has 0 aliphatic rings. The molecule has 2 rings (SSSR count). The maximum atomic E-state index is 5.35. The maximum Gasteiger partial charge on any atom is 0.207 e. The van der Waals surface area contributed by atoms with Crippen molar-refractivity contribution < 1.29 is 4.74 Å². The molecule has 1 heterocycles. The molecule has 1 N–H and O–H groups in total. The number of ether oxygens (including phenoxy) is 1. The van der Waals surface area contributed by atoms with Gasteiger partial charge in [-0.05, 0) is 18.6 Å². The molecular formula is C13H17N3O. The average Bonchev–Trinajstić information content (AvgIpc) is 2.84. The zero-order chi connectivity index (χ0) is 12.1. The van der Waals surface area contributed by atoms with E-state index >= 15 is 0 Å². The summed E-state index contributed by atoms with van der Waals surface area (Å²) in [4.78, 5) is 4.30. The quantitative estimate of drug-likeness (QED) is 0.860. The van der Waals surface area contributed by atoms with Gasteiger partial charge in [-0.1, -0.05) is 19.1 Å². The van der Waals surface area contributed by atoms with Crippen LogP contribution in [0.4, 0.5) is 5.95 Å². The number of nitrogens with zero attached hydrogens (tertiary/aromatic N) is 2. The van der Waals surface area contributed by atoms with Crippen LogP contribution >= 0.6 is 0 Å². The maximum absolute atomic E-state index is 5.35. The minimum absolute atomic E-state index is 0.838. The van der Waals surface area contributed by atoms with Gasteiger partial charge in [0.2, 0.25) is 5.95 Å². The fraction of sp³-hybridized carbons (Fsp3) is 0.308. The van der Waals surface area contributed by atoms with Crippen LogP contribution in [0.5, 0.6) is 5.75 Å². The van der Waals surface area contributed by atoms with Crippen LogP contribution in [0.2, 0.25) is 0 Å². The molecular weight excluding hydrogens is 214 g/mol. The molecule has 4 heteroatoms. The predicted molar refractivity (Wildman–Crippen MR) is 68.9 cm³/mol. The number of methoxy groups -OCH3 is 1. The molecule has 0 amide bonds. The number of anilines is 1. The molecule has 1 aromatic carbocycles. The summed E-state index contributed by atoms with van der Waals surface area (Å²) in [7, 11) is 1.68. The molecule has 0 aliphatic heterocycles. The van der Waals surface area contributed by atoms with Gasteiger partial charge < -0.3 is 10.1 Å². The summed E-state index contributed by atoms with van der Waals surface area (Å²) < 4.78 is 7.35. The molecule has 0 aliphatic carbocycles. The lowest BCUT2D eigenvalue weighted by Gasteiger charge is -2.12. The molecule has 0 spiro atoms. The summed E-state index contributed by atoms with van der Waals surface area (Å²) in [5, 5.41) is 3.29. The molecule has 2 aromatic rings. The highest BCUT2D eigenvalue weighted by Gasteiger charge is 2.08. The van der Waals surface area contributed by atoms with Crippen LogP contribution in [-0.4, -0.2) is 23.2 Å². The smallest absolute Gasteiger partial charge is 0.207 e. The zero-order valence-electron chi connectivity index (χ0n) is 10.2. The first-order chi connectivity index (χ1) is 8.36. The molecule has 0 unspecified atom stereocenters. The normalized spacial score (nSPS) is 10.2. The topological polar surface area (TPSA) is 39.1 Å². The number of imidazole rings is 1. The number of aromatic nitrogens is 2. The van der Waals surface area contributed by atoms with Gasteiger partial charge in [0.05, 0.1) is 12.8 Å². The van der Waals surface area contributed by atoms with Crippen molar-refractivity contribution in [1.82, 2.24) is 9.55 Å². The van der Waals surface area contributed by atoms with Crippen molar-refractivity contribution >= 4 is 5.95 Å². The lowest BCUT2D eigenvalue weighted by molar-refractivity contribution is 0.413. The van der Waals surface area contributed by atoms with Gasteiger partial charge in [0.15, 0.2) is 0 Å². The first-order valence-electron chi connectivity index (χ1n) is 5.77. The average molecular weight is 231 g/mol. The highest BCUT2D eigenvalue weighted by Crippen LogP contribution is 2.24. The summed E-state index contributed by atoms with van der Waals surface area (Å²) in [6.45, 7) is 3.04. The Balaban J connectivity index is 2.35. The van der Waals surface area contributed by atoms with E-state index in [2.05, 4.69) is 17.2 Å². The van der Waals surface area contributed by atoms with E-state index in [1.54, 1.807) is 13.3 Å². The Hall–Kier alpha value is -1.97. The fourth-order valence-electron chi connectivity index (χ4n) is 1.69. The van der Waals surface area contributed by atoms with Crippen LogP contribution < -0.4 is 10.1 Å². The van der Waals surface area contributed by atoms with Crippen molar-refractivity contribution in [2.45, 2.75) is 13.3 Å². The number of para-hydroxylation sites is 2. The molecule has 1 aromatic heterocycles. The van der Waals surface area contributed by atoms with Gasteiger partial charge in [-0.25, -0.2) is 4.98 Å². The van der Waals surface area contributed by atoms with E-state index in [4.69, 9.17) is 4.74 Å². The Bertz CT molecular complexity index is 479. The van der Waals surface area contributed by atoms with Crippen molar-refractivity contribution in [3.8, 4) is 11.4 Å². The Morgan fingerprint density at radius 1 is 1.35 bits per heavy atom. The summed E-state index contributed by atoms with van der Waals surface area (Å²) in [5.74, 6) is 1.68. The molecule has 0 bridgehead atoms. The minimum atomic E-state index is 0.838. The van der Waals surface area contributed by atoms with E-state index in [0.717, 1.165) is 30.4 Å². The molecule has 4 nitrogen and oxygen atoms in total. The Kier molecular flexibility index (Phi) is 3.65. The molecule has 0 saturated heterocycles. The van der Waals surface area contributed by atoms with E-state index < -0.39 is 0 Å². The molecule has 90 valence electrons. The van der Waals surface area contributed by atoms with Crippen LogP contribution in [0.3, 0.4) is 0 Å². The van der Waals surface area contributed by atoms with Gasteiger partial charge >= 0.3 is 0 Å². The van der Waals surface area contributed by atoms with Gasteiger partial charge in [-0.3, -0.25) is 4.57 Å². The first-order valence-corrected chi connectivity index (χ1v) is 5.77. The van der Waals surface area contributed by atoms with Gasteiger partial charge in [0, 0.05) is 18.9 Å². The third kappa shape index (κ3) is 2.41. The van der Waals surface area contributed by atoms with E-state index in [9.17, 15) is 0 Å². The minimum Gasteiger partial charge on any atom is -0.495 e. The lowest BCUT2D eigenvalue weighted by atomic mass is 10.3. The summed E-state index contributed by atoms with van der Waals surface area (Å²) in [6.07, 6.45) is 4.78. The summed E-state index contributed by atoms with van der Waals surface area (Å²) in [5.41, 5.74) is 0.992. The van der Waals surface area contributed by atoms with Crippen LogP contribution in [0.15, 0.2) is 36.7 Å². The summed E-state index contributed by atoms with van der Waals surface area (Å²) >= 11 is 0. The molecule has 0 fully saturated rings. The number of nitrogens with one attached hydrogen (secondary N) is 1. The Morgan fingerprint density at radius 3 is 2.94 bits per heavy atom. The van der Waals surface area contributed by atoms with Gasteiger partial charge in [-0.15, -0.1) is 0 Å². The fourth-order valence-corrected chi connectivity index (χ4v) is 1.69. The van der Waals surface area contributed by atoms with E-state index in [1.165, 1.54) is 0 Å². The third-order valence-electron chi connectivity index (χ3n) is 2.52. The van der Waals surface area contributed by atoms with Gasteiger partial charge in [-0.2, -0.15) is 0 Å². The summed E-state index contributed by atoms with van der Waals surface area (Å²) in [6, 6.07) is 7.90. The van der Waals surface area contributed by atoms with Crippen molar-refractivity contribution in [2.24, 2.45) is 0 Å². The number of benzene rings is 1. The third-order valence-corrected chi connectivity index (χ3v) is 2.52. The number of hydrogen-bond donors (Lipinski definition) is 1. The van der Waals surface area contributed by atoms with E-state index in [-0.39, 0.29) is 0 Å². The van der Waals surface area contributed by atoms with Crippen molar-refractivity contribution in [2.75, 3.05) is 19.0 Å². The van der Waals surface area contributed by atoms with Crippen molar-refractivity contribution in [3.05, 3.63) is 36.7 Å². The highest BCUT2D eigenvalue weighted by atomic mass is 16.5. The number of hydrogen-bond acceptors (Lipinski definition) is 3. The van der Waals surface area contributed by atoms with Crippen molar-refractivity contribution in [1.29, 1.82) is 0 Å². The largest absolute Gasteiger partial charge is 0.495 e. The number of rotatable bonds is 5. The second-order valence-electron chi connectivity index (χ2n) is 3.72. The van der Waals surface area contributed by atoms with E-state index in [0.29, 0.717) is 0 Å². The highest BCUT2D eigenvalue weighted by molar-refractivity contribution is 5.51.